The minimum atomic E-state index is -0.592. The number of hydrogen-bond donors (Lipinski definition) is 1. The first-order valence-corrected chi connectivity index (χ1v) is 6.06. The van der Waals surface area contributed by atoms with Crippen LogP contribution < -0.4 is 0 Å². The Balaban J connectivity index is 2.21. The molecule has 0 heterocycles. The minimum Gasteiger partial charge on any atom is -0.388 e. The Kier molecular flexibility index (Phi) is 3.78. The van der Waals surface area contributed by atoms with Crippen LogP contribution in [0.3, 0.4) is 0 Å². The van der Waals surface area contributed by atoms with Crippen LogP contribution >= 0.6 is 0 Å². The number of halogens is 1. The lowest BCUT2D eigenvalue weighted by atomic mass is 9.97. The van der Waals surface area contributed by atoms with Crippen LogP contribution in [0.15, 0.2) is 42.5 Å². The summed E-state index contributed by atoms with van der Waals surface area (Å²) in [7, 11) is 0. The van der Waals surface area contributed by atoms with Gasteiger partial charge in [-0.1, -0.05) is 35.9 Å². The number of aliphatic hydroxyl groups is 1. The molecule has 0 aliphatic rings. The van der Waals surface area contributed by atoms with Crippen molar-refractivity contribution in [1.82, 2.24) is 0 Å². The van der Waals surface area contributed by atoms with E-state index >= 15 is 0 Å². The molecule has 18 heavy (non-hydrogen) atoms. The summed E-state index contributed by atoms with van der Waals surface area (Å²) >= 11 is 0. The summed E-state index contributed by atoms with van der Waals surface area (Å²) in [5, 5.41) is 10.2. The number of aliphatic hydroxyl groups excluding tert-OH is 1. The summed E-state index contributed by atoms with van der Waals surface area (Å²) in [4.78, 5) is 0. The van der Waals surface area contributed by atoms with Gasteiger partial charge in [0, 0.05) is 6.42 Å². The molecule has 94 valence electrons. The Morgan fingerprint density at radius 2 is 1.89 bits per heavy atom. The van der Waals surface area contributed by atoms with Crippen LogP contribution in [0.5, 0.6) is 0 Å². The monoisotopic (exact) mass is 244 g/mol. The molecule has 2 aromatic carbocycles. The van der Waals surface area contributed by atoms with E-state index in [0.29, 0.717) is 6.42 Å². The fourth-order valence-electron chi connectivity index (χ4n) is 2.06. The van der Waals surface area contributed by atoms with Crippen molar-refractivity contribution >= 4 is 0 Å². The molecule has 0 bridgehead atoms. The molecule has 0 aromatic heterocycles. The Labute approximate surface area is 107 Å². The molecule has 0 fully saturated rings. The lowest BCUT2D eigenvalue weighted by Crippen LogP contribution is -2.03. The first-order valence-electron chi connectivity index (χ1n) is 6.06. The molecule has 0 radical (unpaired) electrons. The molecule has 0 saturated carbocycles. The zero-order valence-electron chi connectivity index (χ0n) is 10.7. The van der Waals surface area contributed by atoms with Gasteiger partial charge in [-0.3, -0.25) is 0 Å². The fraction of sp³-hybridized carbons (Fsp3) is 0.250. The third-order valence-electron chi connectivity index (χ3n) is 3.15. The molecule has 1 N–H and O–H groups in total. The minimum absolute atomic E-state index is 0.257. The van der Waals surface area contributed by atoms with E-state index in [1.165, 1.54) is 12.1 Å². The molecule has 0 aliphatic carbocycles. The summed E-state index contributed by atoms with van der Waals surface area (Å²) in [6.45, 7) is 3.92. The van der Waals surface area contributed by atoms with E-state index in [2.05, 4.69) is 0 Å². The van der Waals surface area contributed by atoms with Crippen LogP contribution in [0.25, 0.3) is 0 Å². The summed E-state index contributed by atoms with van der Waals surface area (Å²) < 4.78 is 13.2. The highest BCUT2D eigenvalue weighted by Gasteiger charge is 2.11. The largest absolute Gasteiger partial charge is 0.388 e. The fourth-order valence-corrected chi connectivity index (χ4v) is 2.06. The Hall–Kier alpha value is -1.67. The van der Waals surface area contributed by atoms with Crippen molar-refractivity contribution in [1.29, 1.82) is 0 Å². The number of rotatable bonds is 3. The lowest BCUT2D eigenvalue weighted by molar-refractivity contribution is 0.178. The molecule has 1 atom stereocenters. The molecule has 1 nitrogen and oxygen atoms in total. The molecule has 0 saturated heterocycles. The molecular weight excluding hydrogens is 227 g/mol. The summed E-state index contributed by atoms with van der Waals surface area (Å²) in [6.07, 6.45) is -0.155. The van der Waals surface area contributed by atoms with Gasteiger partial charge in [0.05, 0.1) is 6.10 Å². The van der Waals surface area contributed by atoms with Gasteiger partial charge in [0.25, 0.3) is 0 Å². The predicted octanol–water partition coefficient (Wildman–Crippen LogP) is 3.72. The van der Waals surface area contributed by atoms with Crippen molar-refractivity contribution in [3.05, 3.63) is 70.5 Å². The van der Waals surface area contributed by atoms with E-state index in [1.807, 2.05) is 38.1 Å². The average Bonchev–Trinajstić information content (AvgIpc) is 2.34. The topological polar surface area (TPSA) is 20.2 Å². The highest BCUT2D eigenvalue weighted by molar-refractivity contribution is 5.30. The molecule has 2 rings (SSSR count). The normalized spacial score (nSPS) is 12.4. The first-order chi connectivity index (χ1) is 8.56. The van der Waals surface area contributed by atoms with E-state index < -0.39 is 6.10 Å². The van der Waals surface area contributed by atoms with Crippen LogP contribution in [0, 0.1) is 19.7 Å². The van der Waals surface area contributed by atoms with Gasteiger partial charge in [-0.15, -0.1) is 0 Å². The van der Waals surface area contributed by atoms with Gasteiger partial charge in [-0.25, -0.2) is 4.39 Å². The Bertz CT molecular complexity index is 549. The van der Waals surface area contributed by atoms with Crippen LogP contribution in [0.1, 0.15) is 28.4 Å². The van der Waals surface area contributed by atoms with E-state index in [0.717, 1.165) is 22.3 Å². The highest BCUT2D eigenvalue weighted by Crippen LogP contribution is 2.21. The van der Waals surface area contributed by atoms with Gasteiger partial charge >= 0.3 is 0 Å². The van der Waals surface area contributed by atoms with Crippen molar-refractivity contribution < 1.29 is 9.50 Å². The summed E-state index contributed by atoms with van der Waals surface area (Å²) in [6, 6.07) is 12.4. The molecule has 2 heteroatoms. The molecule has 1 unspecified atom stereocenters. The Morgan fingerprint density at radius 3 is 2.61 bits per heavy atom. The van der Waals surface area contributed by atoms with Gasteiger partial charge < -0.3 is 5.11 Å². The van der Waals surface area contributed by atoms with Gasteiger partial charge in [0.1, 0.15) is 5.82 Å². The summed E-state index contributed by atoms with van der Waals surface area (Å²) in [5.41, 5.74) is 3.84. The molecular formula is C16H17FO. The van der Waals surface area contributed by atoms with E-state index in [4.69, 9.17) is 0 Å². The van der Waals surface area contributed by atoms with Crippen molar-refractivity contribution in [2.45, 2.75) is 26.4 Å². The van der Waals surface area contributed by atoms with Crippen molar-refractivity contribution in [3.63, 3.8) is 0 Å². The highest BCUT2D eigenvalue weighted by atomic mass is 19.1. The van der Waals surface area contributed by atoms with Crippen LogP contribution in [0.4, 0.5) is 4.39 Å². The number of aryl methyl sites for hydroxylation is 2. The van der Waals surface area contributed by atoms with Gasteiger partial charge in [-0.05, 0) is 42.7 Å². The van der Waals surface area contributed by atoms with Crippen molar-refractivity contribution in [2.75, 3.05) is 0 Å². The number of benzene rings is 2. The molecule has 2 aromatic rings. The lowest BCUT2D eigenvalue weighted by Gasteiger charge is -2.13. The standard InChI is InChI=1S/C16H17FO/c1-11-4-3-5-13(8-11)16(18)10-14-9-15(17)7-6-12(14)2/h3-9,16,18H,10H2,1-2H3. The van der Waals surface area contributed by atoms with Crippen LogP contribution in [-0.4, -0.2) is 5.11 Å². The maximum absolute atomic E-state index is 13.2. The van der Waals surface area contributed by atoms with E-state index in [-0.39, 0.29) is 5.82 Å². The van der Waals surface area contributed by atoms with Gasteiger partial charge in [-0.2, -0.15) is 0 Å². The Morgan fingerprint density at radius 1 is 1.11 bits per heavy atom. The maximum atomic E-state index is 13.2. The second-order valence-corrected chi connectivity index (χ2v) is 4.70. The molecule has 0 amide bonds. The number of hydrogen-bond acceptors (Lipinski definition) is 1. The maximum Gasteiger partial charge on any atom is 0.123 e. The van der Waals surface area contributed by atoms with E-state index in [9.17, 15) is 9.50 Å². The van der Waals surface area contributed by atoms with E-state index in [1.54, 1.807) is 6.07 Å². The molecule has 0 spiro atoms. The second-order valence-electron chi connectivity index (χ2n) is 4.70. The zero-order valence-corrected chi connectivity index (χ0v) is 10.7. The third-order valence-corrected chi connectivity index (χ3v) is 3.15. The predicted molar refractivity (Wildman–Crippen MR) is 71.0 cm³/mol. The smallest absolute Gasteiger partial charge is 0.123 e. The van der Waals surface area contributed by atoms with Crippen LogP contribution in [0.2, 0.25) is 0 Å². The van der Waals surface area contributed by atoms with Gasteiger partial charge in [0.15, 0.2) is 0 Å². The van der Waals surface area contributed by atoms with Gasteiger partial charge in [0.2, 0.25) is 0 Å². The van der Waals surface area contributed by atoms with Crippen molar-refractivity contribution in [2.24, 2.45) is 0 Å². The SMILES string of the molecule is Cc1cccc(C(O)Cc2cc(F)ccc2C)c1. The second kappa shape index (κ2) is 5.32. The third kappa shape index (κ3) is 2.96. The van der Waals surface area contributed by atoms with Crippen molar-refractivity contribution in [3.8, 4) is 0 Å². The molecule has 0 aliphatic heterocycles. The summed E-state index contributed by atoms with van der Waals surface area (Å²) in [5.74, 6) is -0.257. The average molecular weight is 244 g/mol. The zero-order chi connectivity index (χ0) is 13.1. The first kappa shape index (κ1) is 12.8. The quantitative estimate of drug-likeness (QED) is 0.872. The van der Waals surface area contributed by atoms with Crippen LogP contribution in [-0.2, 0) is 6.42 Å².